The molecule has 1 N–H and O–H groups in total. The van der Waals surface area contributed by atoms with E-state index in [2.05, 4.69) is 18.3 Å². The van der Waals surface area contributed by atoms with Crippen LogP contribution in [0.15, 0.2) is 24.3 Å². The van der Waals surface area contributed by atoms with Gasteiger partial charge >= 0.3 is 0 Å². The SMILES string of the molecule is CCCc1ccccc1NC(C)CS(C)(=O)=O. The minimum Gasteiger partial charge on any atom is -0.381 e. The summed E-state index contributed by atoms with van der Waals surface area (Å²) in [6.45, 7) is 4.03. The van der Waals surface area contributed by atoms with Crippen LogP contribution in [-0.2, 0) is 16.3 Å². The molecule has 4 heteroatoms. The number of hydrogen-bond donors (Lipinski definition) is 1. The second-order valence-electron chi connectivity index (χ2n) is 4.54. The summed E-state index contributed by atoms with van der Waals surface area (Å²) in [5.41, 5.74) is 2.29. The minimum absolute atomic E-state index is 0.0667. The molecule has 1 atom stereocenters. The normalized spacial score (nSPS) is 13.4. The lowest BCUT2D eigenvalue weighted by Crippen LogP contribution is -2.25. The molecular weight excluding hydrogens is 234 g/mol. The maximum atomic E-state index is 11.2. The van der Waals surface area contributed by atoms with Crippen LogP contribution in [0.25, 0.3) is 0 Å². The van der Waals surface area contributed by atoms with E-state index < -0.39 is 9.84 Å². The van der Waals surface area contributed by atoms with Gasteiger partial charge in [0.2, 0.25) is 0 Å². The first-order valence-electron chi connectivity index (χ1n) is 5.94. The average Bonchev–Trinajstić information content (AvgIpc) is 2.18. The highest BCUT2D eigenvalue weighted by Gasteiger charge is 2.11. The molecule has 0 radical (unpaired) electrons. The van der Waals surface area contributed by atoms with E-state index in [4.69, 9.17) is 0 Å². The molecule has 1 aromatic rings. The Morgan fingerprint density at radius 1 is 1.29 bits per heavy atom. The summed E-state index contributed by atoms with van der Waals surface area (Å²) in [6, 6.07) is 8.00. The van der Waals surface area contributed by atoms with E-state index >= 15 is 0 Å². The standard InChI is InChI=1S/C13H21NO2S/c1-4-7-12-8-5-6-9-13(12)14-11(2)10-17(3,15)16/h5-6,8-9,11,14H,4,7,10H2,1-3H3. The number of aryl methyl sites for hydroxylation is 1. The van der Waals surface area contributed by atoms with Gasteiger partial charge in [-0.15, -0.1) is 0 Å². The van der Waals surface area contributed by atoms with Crippen LogP contribution in [0.3, 0.4) is 0 Å². The smallest absolute Gasteiger partial charge is 0.149 e. The highest BCUT2D eigenvalue weighted by molar-refractivity contribution is 7.90. The van der Waals surface area contributed by atoms with Gasteiger partial charge in [-0.1, -0.05) is 31.5 Å². The highest BCUT2D eigenvalue weighted by Crippen LogP contribution is 2.17. The van der Waals surface area contributed by atoms with Crippen LogP contribution < -0.4 is 5.32 Å². The van der Waals surface area contributed by atoms with E-state index in [1.807, 2.05) is 25.1 Å². The average molecular weight is 255 g/mol. The number of para-hydroxylation sites is 1. The summed E-state index contributed by atoms with van der Waals surface area (Å²) < 4.78 is 22.4. The lowest BCUT2D eigenvalue weighted by Gasteiger charge is -2.17. The Balaban J connectivity index is 2.73. The Bertz CT molecular complexity index is 454. The lowest BCUT2D eigenvalue weighted by molar-refractivity contribution is 0.598. The maximum absolute atomic E-state index is 11.2. The molecule has 1 rings (SSSR count). The Labute approximate surface area is 104 Å². The Morgan fingerprint density at radius 2 is 1.94 bits per heavy atom. The van der Waals surface area contributed by atoms with Gasteiger partial charge in [-0.3, -0.25) is 0 Å². The second-order valence-corrected chi connectivity index (χ2v) is 6.73. The van der Waals surface area contributed by atoms with Crippen molar-refractivity contribution in [1.29, 1.82) is 0 Å². The number of nitrogens with one attached hydrogen (secondary N) is 1. The van der Waals surface area contributed by atoms with Crippen LogP contribution in [0.4, 0.5) is 5.69 Å². The first kappa shape index (κ1) is 14.0. The predicted molar refractivity (Wildman–Crippen MR) is 73.2 cm³/mol. The van der Waals surface area contributed by atoms with Crippen molar-refractivity contribution < 1.29 is 8.42 Å². The van der Waals surface area contributed by atoms with E-state index in [0.717, 1.165) is 18.5 Å². The molecule has 0 heterocycles. The van der Waals surface area contributed by atoms with Gasteiger partial charge in [-0.2, -0.15) is 0 Å². The molecule has 0 saturated carbocycles. The molecule has 0 aliphatic heterocycles. The second kappa shape index (κ2) is 6.05. The Morgan fingerprint density at radius 3 is 2.53 bits per heavy atom. The van der Waals surface area contributed by atoms with Gasteiger partial charge in [0.1, 0.15) is 9.84 Å². The molecule has 17 heavy (non-hydrogen) atoms. The molecule has 0 aliphatic rings. The number of hydrogen-bond acceptors (Lipinski definition) is 3. The molecule has 1 unspecified atom stereocenters. The van der Waals surface area contributed by atoms with Gasteiger partial charge in [0.05, 0.1) is 5.75 Å². The lowest BCUT2D eigenvalue weighted by atomic mass is 10.1. The fraction of sp³-hybridized carbons (Fsp3) is 0.538. The topological polar surface area (TPSA) is 46.2 Å². The number of rotatable bonds is 6. The van der Waals surface area contributed by atoms with Crippen molar-refractivity contribution in [3.63, 3.8) is 0 Å². The third-order valence-electron chi connectivity index (χ3n) is 2.49. The molecule has 0 amide bonds. The zero-order valence-corrected chi connectivity index (χ0v) is 11.5. The van der Waals surface area contributed by atoms with Gasteiger partial charge < -0.3 is 5.32 Å². The molecule has 0 spiro atoms. The molecule has 0 bridgehead atoms. The van der Waals surface area contributed by atoms with E-state index in [-0.39, 0.29) is 11.8 Å². The zero-order valence-electron chi connectivity index (χ0n) is 10.7. The van der Waals surface area contributed by atoms with Crippen molar-refractivity contribution in [3.8, 4) is 0 Å². The van der Waals surface area contributed by atoms with Gasteiger partial charge in [0.15, 0.2) is 0 Å². The van der Waals surface area contributed by atoms with Gasteiger partial charge in [-0.25, -0.2) is 8.42 Å². The van der Waals surface area contributed by atoms with Gasteiger partial charge in [-0.05, 0) is 25.0 Å². The van der Waals surface area contributed by atoms with Crippen molar-refractivity contribution in [1.82, 2.24) is 0 Å². The third kappa shape index (κ3) is 5.22. The molecular formula is C13H21NO2S. The molecule has 0 aliphatic carbocycles. The van der Waals surface area contributed by atoms with Gasteiger partial charge in [0.25, 0.3) is 0 Å². The Hall–Kier alpha value is -1.03. The first-order chi connectivity index (χ1) is 7.92. The molecule has 96 valence electrons. The molecule has 0 fully saturated rings. The van der Waals surface area contributed by atoms with E-state index in [0.29, 0.717) is 0 Å². The van der Waals surface area contributed by atoms with Gasteiger partial charge in [0, 0.05) is 18.0 Å². The fourth-order valence-electron chi connectivity index (χ4n) is 1.91. The highest BCUT2D eigenvalue weighted by atomic mass is 32.2. The number of sulfone groups is 1. The van der Waals surface area contributed by atoms with Crippen molar-refractivity contribution in [2.75, 3.05) is 17.3 Å². The van der Waals surface area contributed by atoms with Crippen LogP contribution in [0.5, 0.6) is 0 Å². The zero-order chi connectivity index (χ0) is 12.9. The Kier molecular flexibility index (Phi) is 5.00. The minimum atomic E-state index is -2.93. The number of anilines is 1. The molecule has 1 aromatic carbocycles. The molecule has 0 aromatic heterocycles. The largest absolute Gasteiger partial charge is 0.381 e. The van der Waals surface area contributed by atoms with Crippen LogP contribution in [0, 0.1) is 0 Å². The summed E-state index contributed by atoms with van der Waals surface area (Å²) >= 11 is 0. The van der Waals surface area contributed by atoms with Crippen molar-refractivity contribution in [2.45, 2.75) is 32.7 Å². The van der Waals surface area contributed by atoms with Crippen LogP contribution in [-0.4, -0.2) is 26.5 Å². The van der Waals surface area contributed by atoms with Crippen molar-refractivity contribution in [2.24, 2.45) is 0 Å². The van der Waals surface area contributed by atoms with Crippen LogP contribution in [0.2, 0.25) is 0 Å². The molecule has 0 saturated heterocycles. The quantitative estimate of drug-likeness (QED) is 0.849. The summed E-state index contributed by atoms with van der Waals surface area (Å²) in [5, 5.41) is 3.27. The van der Waals surface area contributed by atoms with Crippen molar-refractivity contribution in [3.05, 3.63) is 29.8 Å². The van der Waals surface area contributed by atoms with E-state index in [1.165, 1.54) is 11.8 Å². The predicted octanol–water partition coefficient (Wildman–Crippen LogP) is 2.48. The van der Waals surface area contributed by atoms with E-state index in [1.54, 1.807) is 0 Å². The van der Waals surface area contributed by atoms with Crippen LogP contribution >= 0.6 is 0 Å². The first-order valence-corrected chi connectivity index (χ1v) is 8.00. The van der Waals surface area contributed by atoms with Crippen molar-refractivity contribution >= 4 is 15.5 Å². The van der Waals surface area contributed by atoms with Crippen LogP contribution in [0.1, 0.15) is 25.8 Å². The fourth-order valence-corrected chi connectivity index (χ4v) is 2.90. The maximum Gasteiger partial charge on any atom is 0.149 e. The number of benzene rings is 1. The van der Waals surface area contributed by atoms with E-state index in [9.17, 15) is 8.42 Å². The molecule has 3 nitrogen and oxygen atoms in total. The monoisotopic (exact) mass is 255 g/mol. The third-order valence-corrected chi connectivity index (χ3v) is 3.60. The summed E-state index contributed by atoms with van der Waals surface area (Å²) in [6.07, 6.45) is 3.36. The summed E-state index contributed by atoms with van der Waals surface area (Å²) in [7, 11) is -2.93. The summed E-state index contributed by atoms with van der Waals surface area (Å²) in [5.74, 6) is 0.160. The summed E-state index contributed by atoms with van der Waals surface area (Å²) in [4.78, 5) is 0.